The van der Waals surface area contributed by atoms with Crippen LogP contribution in [0.5, 0.6) is 5.75 Å². The van der Waals surface area contributed by atoms with E-state index in [1.807, 2.05) is 44.2 Å². The Kier molecular flexibility index (Phi) is 12.7. The highest BCUT2D eigenvalue weighted by molar-refractivity contribution is 7.92. The van der Waals surface area contributed by atoms with Crippen LogP contribution >= 0.6 is 23.2 Å². The van der Waals surface area contributed by atoms with Crippen LogP contribution in [0.4, 0.5) is 5.69 Å². The summed E-state index contributed by atoms with van der Waals surface area (Å²) in [5, 5.41) is 3.72. The van der Waals surface area contributed by atoms with E-state index in [0.717, 1.165) is 11.8 Å². The molecular weight excluding hydrogens is 609 g/mol. The van der Waals surface area contributed by atoms with Gasteiger partial charge in [-0.3, -0.25) is 13.9 Å². The first-order valence-corrected chi connectivity index (χ1v) is 16.7. The van der Waals surface area contributed by atoms with Crippen molar-refractivity contribution in [2.45, 2.75) is 45.7 Å². The summed E-state index contributed by atoms with van der Waals surface area (Å²) in [6.45, 7) is 4.67. The quantitative estimate of drug-likeness (QED) is 0.220. The minimum Gasteiger partial charge on any atom is -0.497 e. The molecule has 0 fully saturated rings. The molecule has 0 aliphatic heterocycles. The highest BCUT2D eigenvalue weighted by Crippen LogP contribution is 2.26. The van der Waals surface area contributed by atoms with Crippen molar-refractivity contribution >= 4 is 50.7 Å². The number of hydrogen-bond acceptors (Lipinski definition) is 5. The van der Waals surface area contributed by atoms with Crippen molar-refractivity contribution in [1.29, 1.82) is 0 Å². The van der Waals surface area contributed by atoms with Gasteiger partial charge < -0.3 is 15.0 Å². The zero-order chi connectivity index (χ0) is 31.6. The Hall–Kier alpha value is -3.27. The lowest BCUT2D eigenvalue weighted by atomic mass is 10.0. The van der Waals surface area contributed by atoms with Crippen molar-refractivity contribution < 1.29 is 22.7 Å². The van der Waals surface area contributed by atoms with Gasteiger partial charge in [-0.05, 0) is 59.9 Å². The van der Waals surface area contributed by atoms with Crippen molar-refractivity contribution in [2.24, 2.45) is 5.92 Å². The van der Waals surface area contributed by atoms with Gasteiger partial charge in [0.1, 0.15) is 11.8 Å². The maximum absolute atomic E-state index is 13.9. The van der Waals surface area contributed by atoms with Crippen LogP contribution in [-0.2, 0) is 32.6 Å². The molecule has 3 rings (SSSR count). The summed E-state index contributed by atoms with van der Waals surface area (Å²) < 4.78 is 31.7. The second-order valence-corrected chi connectivity index (χ2v) is 13.5. The fraction of sp³-hybridized carbons (Fsp3) is 0.375. The van der Waals surface area contributed by atoms with Crippen LogP contribution < -0.4 is 14.4 Å². The molecule has 0 spiro atoms. The second-order valence-electron chi connectivity index (χ2n) is 10.8. The number of nitrogens with one attached hydrogen (secondary N) is 1. The van der Waals surface area contributed by atoms with Gasteiger partial charge >= 0.3 is 0 Å². The summed E-state index contributed by atoms with van der Waals surface area (Å²) in [7, 11) is -2.09. The second kappa shape index (κ2) is 16.0. The third-order valence-electron chi connectivity index (χ3n) is 6.81. The van der Waals surface area contributed by atoms with Crippen molar-refractivity contribution in [3.05, 3.63) is 94.0 Å². The van der Waals surface area contributed by atoms with Gasteiger partial charge in [-0.2, -0.15) is 0 Å². The summed E-state index contributed by atoms with van der Waals surface area (Å²) in [5.41, 5.74) is 2.09. The van der Waals surface area contributed by atoms with E-state index < -0.39 is 16.1 Å². The van der Waals surface area contributed by atoms with E-state index in [4.69, 9.17) is 27.9 Å². The van der Waals surface area contributed by atoms with Gasteiger partial charge in [-0.1, -0.05) is 73.4 Å². The minimum atomic E-state index is -3.62. The van der Waals surface area contributed by atoms with Gasteiger partial charge in [0.2, 0.25) is 21.8 Å². The fourth-order valence-electron chi connectivity index (χ4n) is 4.56. The van der Waals surface area contributed by atoms with Gasteiger partial charge in [-0.25, -0.2) is 8.42 Å². The van der Waals surface area contributed by atoms with E-state index in [-0.39, 0.29) is 43.7 Å². The number of amides is 2. The third-order valence-corrected chi connectivity index (χ3v) is 8.74. The molecule has 1 N–H and O–H groups in total. The summed E-state index contributed by atoms with van der Waals surface area (Å²) >= 11 is 12.4. The van der Waals surface area contributed by atoms with Gasteiger partial charge in [0.25, 0.3) is 0 Å². The monoisotopic (exact) mass is 647 g/mol. The molecule has 0 bridgehead atoms. The molecule has 1 atom stereocenters. The number of halogens is 2. The molecule has 2 amide bonds. The average molecular weight is 649 g/mol. The Morgan fingerprint density at radius 1 is 0.930 bits per heavy atom. The van der Waals surface area contributed by atoms with Crippen molar-refractivity contribution in [3.63, 3.8) is 0 Å². The van der Waals surface area contributed by atoms with Crippen molar-refractivity contribution in [2.75, 3.05) is 30.8 Å². The number of benzene rings is 3. The van der Waals surface area contributed by atoms with Crippen LogP contribution in [0, 0.1) is 5.92 Å². The summed E-state index contributed by atoms with van der Waals surface area (Å²) in [4.78, 5) is 29.1. The molecule has 43 heavy (non-hydrogen) atoms. The van der Waals surface area contributed by atoms with Crippen LogP contribution in [-0.4, -0.2) is 57.6 Å². The van der Waals surface area contributed by atoms with Crippen LogP contribution in [0.3, 0.4) is 0 Å². The summed E-state index contributed by atoms with van der Waals surface area (Å²) in [5.74, 6) is 0.280. The molecule has 3 aromatic carbocycles. The number of hydrogen-bond donors (Lipinski definition) is 1. The molecular formula is C32H39Cl2N3O5S. The Morgan fingerprint density at radius 3 is 2.19 bits per heavy atom. The van der Waals surface area contributed by atoms with E-state index in [9.17, 15) is 18.0 Å². The first-order valence-electron chi connectivity index (χ1n) is 14.1. The van der Waals surface area contributed by atoms with E-state index in [2.05, 4.69) is 5.32 Å². The SMILES string of the molecule is COc1ccc(N(CCCC(=O)N(Cc2ccc(Cl)c(Cl)c2)[C@@H](Cc2ccccc2)C(=O)NCC(C)C)S(C)(=O)=O)cc1. The first-order chi connectivity index (χ1) is 20.4. The fourth-order valence-corrected chi connectivity index (χ4v) is 5.85. The predicted molar refractivity (Wildman–Crippen MR) is 173 cm³/mol. The van der Waals surface area contributed by atoms with E-state index in [0.29, 0.717) is 40.0 Å². The molecule has 0 aliphatic rings. The molecule has 0 radical (unpaired) electrons. The van der Waals surface area contributed by atoms with Gasteiger partial charge in [-0.15, -0.1) is 0 Å². The molecule has 232 valence electrons. The number of ether oxygens (including phenoxy) is 1. The number of carbonyl (C=O) groups excluding carboxylic acids is 2. The highest BCUT2D eigenvalue weighted by atomic mass is 35.5. The van der Waals surface area contributed by atoms with Gasteiger partial charge in [0, 0.05) is 32.5 Å². The van der Waals surface area contributed by atoms with Crippen LogP contribution in [0.1, 0.15) is 37.8 Å². The molecule has 0 aliphatic carbocycles. The normalized spacial score (nSPS) is 12.1. The van der Waals surface area contributed by atoms with E-state index >= 15 is 0 Å². The molecule has 3 aromatic rings. The Bertz CT molecular complexity index is 1470. The van der Waals surface area contributed by atoms with E-state index in [1.54, 1.807) is 47.4 Å². The third kappa shape index (κ3) is 10.4. The lowest BCUT2D eigenvalue weighted by molar-refractivity contribution is -0.141. The standard InChI is InChI=1S/C32H39Cl2N3O5S/c1-23(2)21-35-32(39)30(20-24-9-6-5-7-10-24)36(22-25-12-17-28(33)29(34)19-25)31(38)11-8-18-37(43(4,40)41)26-13-15-27(42-3)16-14-26/h5-7,9-10,12-17,19,23,30H,8,11,18,20-22H2,1-4H3,(H,35,39)/t30-/m0/s1. The maximum Gasteiger partial charge on any atom is 0.243 e. The van der Waals surface area contributed by atoms with Gasteiger partial charge in [0.15, 0.2) is 0 Å². The molecule has 0 saturated carbocycles. The highest BCUT2D eigenvalue weighted by Gasteiger charge is 2.30. The van der Waals surface area contributed by atoms with Crippen molar-refractivity contribution in [1.82, 2.24) is 10.2 Å². The predicted octanol–water partition coefficient (Wildman–Crippen LogP) is 5.96. The maximum atomic E-state index is 13.9. The lowest BCUT2D eigenvalue weighted by Crippen LogP contribution is -2.51. The van der Waals surface area contributed by atoms with Crippen LogP contribution in [0.15, 0.2) is 72.8 Å². The van der Waals surface area contributed by atoms with E-state index in [1.165, 1.54) is 11.4 Å². The Morgan fingerprint density at radius 2 is 1.60 bits per heavy atom. The summed E-state index contributed by atoms with van der Waals surface area (Å²) in [6, 6.07) is 20.5. The average Bonchev–Trinajstić information content (AvgIpc) is 2.97. The Balaban J connectivity index is 1.89. The Labute approximate surface area is 265 Å². The smallest absolute Gasteiger partial charge is 0.243 e. The zero-order valence-electron chi connectivity index (χ0n) is 24.9. The first kappa shape index (κ1) is 34.2. The van der Waals surface area contributed by atoms with Gasteiger partial charge in [0.05, 0.1) is 29.1 Å². The zero-order valence-corrected chi connectivity index (χ0v) is 27.3. The number of methoxy groups -OCH3 is 1. The number of nitrogens with zero attached hydrogens (tertiary/aromatic N) is 2. The number of rotatable bonds is 15. The number of anilines is 1. The molecule has 0 heterocycles. The molecule has 11 heteroatoms. The largest absolute Gasteiger partial charge is 0.497 e. The topological polar surface area (TPSA) is 96.0 Å². The lowest BCUT2D eigenvalue weighted by Gasteiger charge is -2.32. The molecule has 0 unspecified atom stereocenters. The molecule has 0 aromatic heterocycles. The van der Waals surface area contributed by atoms with Crippen LogP contribution in [0.2, 0.25) is 10.0 Å². The minimum absolute atomic E-state index is 0.0201. The number of sulfonamides is 1. The van der Waals surface area contributed by atoms with Crippen molar-refractivity contribution in [3.8, 4) is 5.75 Å². The molecule has 8 nitrogen and oxygen atoms in total. The molecule has 0 saturated heterocycles. The van der Waals surface area contributed by atoms with Crippen LogP contribution in [0.25, 0.3) is 0 Å². The summed E-state index contributed by atoms with van der Waals surface area (Å²) in [6.07, 6.45) is 1.69. The number of carbonyl (C=O) groups is 2.